The Morgan fingerprint density at radius 3 is 2.52 bits per heavy atom. The van der Waals surface area contributed by atoms with Crippen molar-refractivity contribution < 1.29 is 9.59 Å². The molecule has 116 valence electrons. The number of nitrogens with one attached hydrogen (secondary N) is 2. The number of thiophene rings is 1. The van der Waals surface area contributed by atoms with Gasteiger partial charge < -0.3 is 5.32 Å². The lowest BCUT2D eigenvalue weighted by Gasteiger charge is -2.06. The highest BCUT2D eigenvalue weighted by Crippen LogP contribution is 2.15. The van der Waals surface area contributed by atoms with E-state index in [-0.39, 0.29) is 11.8 Å². The van der Waals surface area contributed by atoms with Crippen molar-refractivity contribution in [2.45, 2.75) is 6.42 Å². The van der Waals surface area contributed by atoms with E-state index >= 15 is 0 Å². The molecule has 0 bridgehead atoms. The first kappa shape index (κ1) is 15.4. The van der Waals surface area contributed by atoms with Crippen LogP contribution in [0.2, 0.25) is 0 Å². The lowest BCUT2D eigenvalue weighted by Crippen LogP contribution is -2.15. The number of thiazole rings is 1. The number of nitrogens with zero attached hydrogens (tertiary/aromatic N) is 1. The van der Waals surface area contributed by atoms with Gasteiger partial charge >= 0.3 is 0 Å². The van der Waals surface area contributed by atoms with E-state index in [0.29, 0.717) is 22.8 Å². The van der Waals surface area contributed by atoms with Crippen LogP contribution in [0.25, 0.3) is 0 Å². The molecule has 0 radical (unpaired) electrons. The molecule has 0 atom stereocenters. The fourth-order valence-electron chi connectivity index (χ4n) is 1.94. The minimum atomic E-state index is -0.226. The quantitative estimate of drug-likeness (QED) is 0.743. The van der Waals surface area contributed by atoms with Gasteiger partial charge in [0.25, 0.3) is 5.91 Å². The Balaban J connectivity index is 1.58. The number of aromatic nitrogens is 1. The van der Waals surface area contributed by atoms with E-state index in [1.165, 1.54) is 11.3 Å². The molecule has 0 spiro atoms. The maximum atomic E-state index is 12.0. The van der Waals surface area contributed by atoms with Crippen LogP contribution in [-0.2, 0) is 11.2 Å². The van der Waals surface area contributed by atoms with Gasteiger partial charge in [-0.15, -0.1) is 11.3 Å². The second-order valence-electron chi connectivity index (χ2n) is 4.73. The Bertz CT molecular complexity index is 781. The molecule has 3 rings (SSSR count). The van der Waals surface area contributed by atoms with Gasteiger partial charge in [-0.2, -0.15) is 11.3 Å². The van der Waals surface area contributed by atoms with Gasteiger partial charge in [-0.3, -0.25) is 14.9 Å². The molecule has 1 aromatic carbocycles. The Kier molecular flexibility index (Phi) is 4.80. The second kappa shape index (κ2) is 7.17. The second-order valence-corrected chi connectivity index (χ2v) is 6.40. The Morgan fingerprint density at radius 1 is 1.04 bits per heavy atom. The van der Waals surface area contributed by atoms with Crippen molar-refractivity contribution in [1.82, 2.24) is 4.98 Å². The maximum absolute atomic E-state index is 12.0. The summed E-state index contributed by atoms with van der Waals surface area (Å²) in [6.07, 6.45) is 1.97. The van der Waals surface area contributed by atoms with Crippen molar-refractivity contribution in [3.63, 3.8) is 0 Å². The third-order valence-electron chi connectivity index (χ3n) is 3.03. The molecule has 7 heteroatoms. The first-order valence-electron chi connectivity index (χ1n) is 6.82. The largest absolute Gasteiger partial charge is 0.326 e. The van der Waals surface area contributed by atoms with E-state index < -0.39 is 0 Å². The zero-order valence-corrected chi connectivity index (χ0v) is 13.6. The van der Waals surface area contributed by atoms with Crippen LogP contribution in [0.5, 0.6) is 0 Å². The molecule has 5 nitrogen and oxygen atoms in total. The number of hydrogen-bond acceptors (Lipinski definition) is 5. The summed E-state index contributed by atoms with van der Waals surface area (Å²) >= 11 is 2.93. The van der Waals surface area contributed by atoms with Crippen molar-refractivity contribution in [2.75, 3.05) is 10.6 Å². The zero-order valence-electron chi connectivity index (χ0n) is 12.0. The number of amides is 2. The molecule has 2 aromatic heterocycles. The Hall–Kier alpha value is -2.51. The maximum Gasteiger partial charge on any atom is 0.257 e. The highest BCUT2D eigenvalue weighted by molar-refractivity contribution is 7.13. The predicted octanol–water partition coefficient (Wildman–Crippen LogP) is 3.64. The van der Waals surface area contributed by atoms with Gasteiger partial charge in [-0.25, -0.2) is 4.98 Å². The van der Waals surface area contributed by atoms with Gasteiger partial charge in [0.15, 0.2) is 5.13 Å². The summed E-state index contributed by atoms with van der Waals surface area (Å²) in [5.74, 6) is -0.306. The van der Waals surface area contributed by atoms with E-state index in [2.05, 4.69) is 15.6 Å². The number of carbonyl (C=O) groups excluding carboxylic acids is 2. The SMILES string of the molecule is O=C(Cc1ccsc1)Nc1ccc(C(=O)Nc2nccs2)cc1. The lowest BCUT2D eigenvalue weighted by molar-refractivity contribution is -0.115. The minimum absolute atomic E-state index is 0.0802. The monoisotopic (exact) mass is 343 g/mol. The van der Waals surface area contributed by atoms with Crippen LogP contribution < -0.4 is 10.6 Å². The van der Waals surface area contributed by atoms with E-state index in [4.69, 9.17) is 0 Å². The number of carbonyl (C=O) groups is 2. The highest BCUT2D eigenvalue weighted by atomic mass is 32.1. The summed E-state index contributed by atoms with van der Waals surface area (Å²) < 4.78 is 0. The highest BCUT2D eigenvalue weighted by Gasteiger charge is 2.08. The molecule has 0 fully saturated rings. The third kappa shape index (κ3) is 4.24. The molecule has 0 saturated carbocycles. The Labute approximate surface area is 141 Å². The average molecular weight is 343 g/mol. The topological polar surface area (TPSA) is 71.1 Å². The van der Waals surface area contributed by atoms with Crippen molar-refractivity contribution >= 4 is 45.3 Å². The molecule has 0 saturated heterocycles. The molecule has 2 amide bonds. The number of benzene rings is 1. The summed E-state index contributed by atoms with van der Waals surface area (Å²) in [5, 5.41) is 11.8. The number of hydrogen-bond donors (Lipinski definition) is 2. The van der Waals surface area contributed by atoms with E-state index in [0.717, 1.165) is 5.56 Å². The smallest absolute Gasteiger partial charge is 0.257 e. The molecule has 0 aliphatic rings. The first-order chi connectivity index (χ1) is 11.2. The van der Waals surface area contributed by atoms with Crippen LogP contribution in [-0.4, -0.2) is 16.8 Å². The third-order valence-corrected chi connectivity index (χ3v) is 4.45. The van der Waals surface area contributed by atoms with E-state index in [1.807, 2.05) is 16.8 Å². The normalized spacial score (nSPS) is 10.3. The van der Waals surface area contributed by atoms with Gasteiger partial charge in [0.05, 0.1) is 6.42 Å². The van der Waals surface area contributed by atoms with E-state index in [1.54, 1.807) is 47.2 Å². The minimum Gasteiger partial charge on any atom is -0.326 e. The van der Waals surface area contributed by atoms with Crippen molar-refractivity contribution in [1.29, 1.82) is 0 Å². The zero-order chi connectivity index (χ0) is 16.1. The van der Waals surface area contributed by atoms with Gasteiger partial charge in [-0.05, 0) is 46.7 Å². The van der Waals surface area contributed by atoms with Gasteiger partial charge in [0, 0.05) is 22.8 Å². The molecular formula is C16H13N3O2S2. The number of rotatable bonds is 5. The van der Waals surface area contributed by atoms with Crippen molar-refractivity contribution in [3.8, 4) is 0 Å². The molecular weight excluding hydrogens is 330 g/mol. The van der Waals surface area contributed by atoms with Crippen LogP contribution in [0, 0.1) is 0 Å². The van der Waals surface area contributed by atoms with Gasteiger partial charge in [0.1, 0.15) is 0 Å². The number of anilines is 2. The van der Waals surface area contributed by atoms with Crippen LogP contribution in [0.1, 0.15) is 15.9 Å². The standard InChI is InChI=1S/C16H13N3O2S2/c20-14(9-11-5-7-22-10-11)18-13-3-1-12(2-4-13)15(21)19-16-17-6-8-23-16/h1-8,10H,9H2,(H,18,20)(H,17,19,21). The molecule has 2 heterocycles. The van der Waals surface area contributed by atoms with Crippen molar-refractivity contribution in [2.24, 2.45) is 0 Å². The molecule has 23 heavy (non-hydrogen) atoms. The fourth-order valence-corrected chi connectivity index (χ4v) is 3.14. The molecule has 0 aliphatic carbocycles. The average Bonchev–Trinajstić information content (AvgIpc) is 3.21. The molecule has 3 aromatic rings. The van der Waals surface area contributed by atoms with Gasteiger partial charge in [-0.1, -0.05) is 0 Å². The summed E-state index contributed by atoms with van der Waals surface area (Å²) in [6.45, 7) is 0. The van der Waals surface area contributed by atoms with Crippen LogP contribution in [0.4, 0.5) is 10.8 Å². The summed E-state index contributed by atoms with van der Waals surface area (Å²) in [4.78, 5) is 27.9. The van der Waals surface area contributed by atoms with E-state index in [9.17, 15) is 9.59 Å². The molecule has 2 N–H and O–H groups in total. The van der Waals surface area contributed by atoms with Crippen LogP contribution in [0.3, 0.4) is 0 Å². The molecule has 0 aliphatic heterocycles. The summed E-state index contributed by atoms with van der Waals surface area (Å²) in [5.41, 5.74) is 2.17. The lowest BCUT2D eigenvalue weighted by atomic mass is 10.2. The fraction of sp³-hybridized carbons (Fsp3) is 0.0625. The summed E-state index contributed by atoms with van der Waals surface area (Å²) in [7, 11) is 0. The Morgan fingerprint density at radius 2 is 1.87 bits per heavy atom. The van der Waals surface area contributed by atoms with Crippen molar-refractivity contribution in [3.05, 3.63) is 63.8 Å². The van der Waals surface area contributed by atoms with Crippen LogP contribution in [0.15, 0.2) is 52.7 Å². The predicted molar refractivity (Wildman–Crippen MR) is 93.2 cm³/mol. The van der Waals surface area contributed by atoms with Gasteiger partial charge in [0.2, 0.25) is 5.91 Å². The molecule has 0 unspecified atom stereocenters. The van der Waals surface area contributed by atoms with Crippen LogP contribution >= 0.6 is 22.7 Å². The first-order valence-corrected chi connectivity index (χ1v) is 8.65. The summed E-state index contributed by atoms with van der Waals surface area (Å²) in [6, 6.07) is 8.69.